The zero-order chi connectivity index (χ0) is 9.42. The molecular weight excluding hydrogens is 169 g/mol. The van der Waals surface area contributed by atoms with Crippen LogP contribution in [0.2, 0.25) is 0 Å². The maximum absolute atomic E-state index is 13.2. The number of fused-ring (bicyclic) bond motifs is 1. The van der Waals surface area contributed by atoms with Crippen LogP contribution in [0.15, 0.2) is 23.2 Å². The van der Waals surface area contributed by atoms with Gasteiger partial charge in [0.05, 0.1) is 5.69 Å². The summed E-state index contributed by atoms with van der Waals surface area (Å²) in [6.07, 6.45) is 1.45. The quantitative estimate of drug-likeness (QED) is 0.669. The van der Waals surface area contributed by atoms with Gasteiger partial charge < -0.3 is 4.52 Å². The molecule has 2 rings (SSSR count). The van der Waals surface area contributed by atoms with Crippen molar-refractivity contribution in [1.82, 2.24) is 5.16 Å². The summed E-state index contributed by atoms with van der Waals surface area (Å²) in [6, 6.07) is 3.01. The van der Waals surface area contributed by atoms with Crippen LogP contribution in [0.25, 0.3) is 17.0 Å². The fraction of sp³-hybridized carbons (Fsp3) is 0.100. The molecule has 0 radical (unpaired) electrons. The molecule has 13 heavy (non-hydrogen) atoms. The zero-order valence-corrected chi connectivity index (χ0v) is 7.17. The standard InChI is InChI=1S/C10H8FNO/c1-3-7-4-10-8(5-9(7)11)6(2)12-13-10/h3-5H,1H2,2H3. The van der Waals surface area contributed by atoms with Crippen molar-refractivity contribution in [3.8, 4) is 0 Å². The highest BCUT2D eigenvalue weighted by molar-refractivity contribution is 5.81. The Hall–Kier alpha value is -1.64. The van der Waals surface area contributed by atoms with Crippen LogP contribution in [-0.2, 0) is 0 Å². The molecule has 66 valence electrons. The van der Waals surface area contributed by atoms with E-state index in [1.165, 1.54) is 12.1 Å². The van der Waals surface area contributed by atoms with E-state index >= 15 is 0 Å². The second kappa shape index (κ2) is 2.69. The largest absolute Gasteiger partial charge is 0.356 e. The van der Waals surface area contributed by atoms with Crippen molar-refractivity contribution < 1.29 is 8.91 Å². The number of benzene rings is 1. The van der Waals surface area contributed by atoms with Gasteiger partial charge in [0.1, 0.15) is 5.82 Å². The van der Waals surface area contributed by atoms with E-state index < -0.39 is 0 Å². The van der Waals surface area contributed by atoms with Gasteiger partial charge in [0.25, 0.3) is 0 Å². The maximum Gasteiger partial charge on any atom is 0.167 e. The Kier molecular flexibility index (Phi) is 1.65. The molecule has 2 nitrogen and oxygen atoms in total. The average Bonchev–Trinajstić information content (AvgIpc) is 2.47. The van der Waals surface area contributed by atoms with Crippen molar-refractivity contribution in [2.45, 2.75) is 6.92 Å². The van der Waals surface area contributed by atoms with Gasteiger partial charge in [-0.3, -0.25) is 0 Å². The van der Waals surface area contributed by atoms with Crippen LogP contribution >= 0.6 is 0 Å². The molecule has 0 aliphatic carbocycles. The van der Waals surface area contributed by atoms with Crippen LogP contribution in [-0.4, -0.2) is 5.16 Å². The molecule has 0 unspecified atom stereocenters. The van der Waals surface area contributed by atoms with Crippen molar-refractivity contribution in [2.75, 3.05) is 0 Å². The Bertz CT molecular complexity index is 473. The predicted molar refractivity (Wildman–Crippen MR) is 48.8 cm³/mol. The third-order valence-corrected chi connectivity index (χ3v) is 1.99. The Morgan fingerprint density at radius 3 is 3.00 bits per heavy atom. The van der Waals surface area contributed by atoms with Gasteiger partial charge in [-0.2, -0.15) is 0 Å². The van der Waals surface area contributed by atoms with Crippen molar-refractivity contribution in [3.63, 3.8) is 0 Å². The summed E-state index contributed by atoms with van der Waals surface area (Å²) in [6.45, 7) is 5.28. The predicted octanol–water partition coefficient (Wildman–Crippen LogP) is 2.92. The summed E-state index contributed by atoms with van der Waals surface area (Å²) >= 11 is 0. The Morgan fingerprint density at radius 2 is 2.31 bits per heavy atom. The van der Waals surface area contributed by atoms with E-state index in [0.29, 0.717) is 22.2 Å². The van der Waals surface area contributed by atoms with E-state index in [0.717, 1.165) is 0 Å². The van der Waals surface area contributed by atoms with Gasteiger partial charge in [-0.1, -0.05) is 17.8 Å². The molecule has 1 aromatic heterocycles. The van der Waals surface area contributed by atoms with Crippen LogP contribution in [0.4, 0.5) is 4.39 Å². The Labute approximate surface area is 74.6 Å². The monoisotopic (exact) mass is 177 g/mol. The summed E-state index contributed by atoms with van der Waals surface area (Å²) < 4.78 is 18.2. The summed E-state index contributed by atoms with van der Waals surface area (Å²) in [7, 11) is 0. The first kappa shape index (κ1) is 7.98. The van der Waals surface area contributed by atoms with Crippen molar-refractivity contribution in [2.24, 2.45) is 0 Å². The van der Waals surface area contributed by atoms with E-state index in [-0.39, 0.29) is 5.82 Å². The molecule has 0 bridgehead atoms. The van der Waals surface area contributed by atoms with E-state index in [4.69, 9.17) is 4.52 Å². The van der Waals surface area contributed by atoms with Gasteiger partial charge in [0.2, 0.25) is 0 Å². The van der Waals surface area contributed by atoms with Gasteiger partial charge in [-0.15, -0.1) is 0 Å². The highest BCUT2D eigenvalue weighted by Gasteiger charge is 2.07. The third-order valence-electron chi connectivity index (χ3n) is 1.99. The molecule has 0 aliphatic heterocycles. The first-order valence-electron chi connectivity index (χ1n) is 3.90. The van der Waals surface area contributed by atoms with Gasteiger partial charge in [0, 0.05) is 10.9 Å². The minimum absolute atomic E-state index is 0.297. The van der Waals surface area contributed by atoms with Crippen LogP contribution in [0, 0.1) is 12.7 Å². The average molecular weight is 177 g/mol. The number of halogens is 1. The summed E-state index contributed by atoms with van der Waals surface area (Å²) in [5.74, 6) is -0.297. The van der Waals surface area contributed by atoms with Gasteiger partial charge in [-0.25, -0.2) is 4.39 Å². The molecule has 0 saturated carbocycles. The Morgan fingerprint density at radius 1 is 1.54 bits per heavy atom. The highest BCUT2D eigenvalue weighted by atomic mass is 19.1. The molecule has 1 aromatic carbocycles. The normalized spacial score (nSPS) is 10.6. The summed E-state index contributed by atoms with van der Waals surface area (Å²) in [4.78, 5) is 0. The molecule has 0 spiro atoms. The van der Waals surface area contributed by atoms with E-state index in [9.17, 15) is 4.39 Å². The second-order valence-electron chi connectivity index (χ2n) is 2.84. The molecule has 0 N–H and O–H groups in total. The second-order valence-corrected chi connectivity index (χ2v) is 2.84. The van der Waals surface area contributed by atoms with E-state index in [1.807, 2.05) is 0 Å². The number of aromatic nitrogens is 1. The number of aryl methyl sites for hydroxylation is 1. The third kappa shape index (κ3) is 1.13. The molecule has 3 heteroatoms. The molecular formula is C10H8FNO. The fourth-order valence-electron chi connectivity index (χ4n) is 1.25. The zero-order valence-electron chi connectivity index (χ0n) is 7.17. The molecule has 0 saturated heterocycles. The first-order valence-corrected chi connectivity index (χ1v) is 3.90. The summed E-state index contributed by atoms with van der Waals surface area (Å²) in [5.41, 5.74) is 1.72. The minimum atomic E-state index is -0.297. The van der Waals surface area contributed by atoms with Gasteiger partial charge in [0.15, 0.2) is 5.58 Å². The fourth-order valence-corrected chi connectivity index (χ4v) is 1.25. The number of hydrogen-bond acceptors (Lipinski definition) is 2. The molecule has 0 fully saturated rings. The molecule has 0 amide bonds. The van der Waals surface area contributed by atoms with Crippen LogP contribution < -0.4 is 0 Å². The lowest BCUT2D eigenvalue weighted by Gasteiger charge is -1.94. The number of hydrogen-bond donors (Lipinski definition) is 0. The molecule has 0 aliphatic rings. The van der Waals surface area contributed by atoms with E-state index in [1.54, 1.807) is 13.0 Å². The first-order chi connectivity index (χ1) is 6.22. The SMILES string of the molecule is C=Cc1cc2onc(C)c2cc1F. The molecule has 0 atom stereocenters. The maximum atomic E-state index is 13.2. The molecule has 1 heterocycles. The van der Waals surface area contributed by atoms with Crippen LogP contribution in [0.3, 0.4) is 0 Å². The lowest BCUT2D eigenvalue weighted by molar-refractivity contribution is 0.450. The minimum Gasteiger partial charge on any atom is -0.356 e. The van der Waals surface area contributed by atoms with Crippen molar-refractivity contribution >= 4 is 17.0 Å². The number of nitrogens with zero attached hydrogens (tertiary/aromatic N) is 1. The molecule has 2 aromatic rings. The van der Waals surface area contributed by atoms with Gasteiger partial charge in [-0.05, 0) is 19.1 Å². The summed E-state index contributed by atoms with van der Waals surface area (Å²) in [5, 5.41) is 4.45. The number of rotatable bonds is 1. The van der Waals surface area contributed by atoms with Gasteiger partial charge >= 0.3 is 0 Å². The Balaban J connectivity index is 2.83. The van der Waals surface area contributed by atoms with Crippen LogP contribution in [0.1, 0.15) is 11.3 Å². The van der Waals surface area contributed by atoms with Crippen molar-refractivity contribution in [1.29, 1.82) is 0 Å². The van der Waals surface area contributed by atoms with E-state index in [2.05, 4.69) is 11.7 Å². The lowest BCUT2D eigenvalue weighted by atomic mass is 10.1. The van der Waals surface area contributed by atoms with Crippen LogP contribution in [0.5, 0.6) is 0 Å². The highest BCUT2D eigenvalue weighted by Crippen LogP contribution is 2.22. The smallest absolute Gasteiger partial charge is 0.167 e. The topological polar surface area (TPSA) is 26.0 Å². The van der Waals surface area contributed by atoms with Crippen molar-refractivity contribution in [3.05, 3.63) is 35.8 Å². The lowest BCUT2D eigenvalue weighted by Crippen LogP contribution is -1.81.